The molecular formula is C10H10NO4-. The molecule has 5 nitrogen and oxygen atoms in total. The summed E-state index contributed by atoms with van der Waals surface area (Å²) in [5.74, 6) is 0. The second kappa shape index (κ2) is 4.29. The van der Waals surface area contributed by atoms with Crippen molar-refractivity contribution in [3.63, 3.8) is 0 Å². The summed E-state index contributed by atoms with van der Waals surface area (Å²) in [6, 6.07) is 9.41. The average molecular weight is 208 g/mol. The molecule has 0 saturated carbocycles. The maximum absolute atomic E-state index is 10.4. The Balaban J connectivity index is 1.97. The van der Waals surface area contributed by atoms with Crippen molar-refractivity contribution in [2.75, 3.05) is 13.2 Å². The average Bonchev–Trinajstić information content (AvgIpc) is 2.30. The number of nitro groups is 1. The fourth-order valence-corrected chi connectivity index (χ4v) is 1.34. The molecule has 1 aromatic carbocycles. The summed E-state index contributed by atoms with van der Waals surface area (Å²) in [5, 5.41) is 10.4. The zero-order valence-electron chi connectivity index (χ0n) is 7.96. The van der Waals surface area contributed by atoms with Crippen LogP contribution >= 0.6 is 0 Å². The van der Waals surface area contributed by atoms with Crippen LogP contribution in [0.15, 0.2) is 30.3 Å². The third-order valence-corrected chi connectivity index (χ3v) is 2.13. The van der Waals surface area contributed by atoms with E-state index in [0.29, 0.717) is 0 Å². The Morgan fingerprint density at radius 1 is 1.27 bits per heavy atom. The van der Waals surface area contributed by atoms with Gasteiger partial charge in [-0.25, -0.2) is 0 Å². The number of benzene rings is 1. The van der Waals surface area contributed by atoms with E-state index in [9.17, 15) is 10.1 Å². The third kappa shape index (κ3) is 2.26. The minimum atomic E-state index is -0.491. The normalized spacial score (nSPS) is 17.7. The van der Waals surface area contributed by atoms with Gasteiger partial charge in [-0.2, -0.15) is 0 Å². The number of rotatable bonds is 2. The first-order chi connectivity index (χ1) is 7.27. The number of nitrogens with zero attached hydrogens (tertiary/aromatic N) is 1. The molecule has 0 N–H and O–H groups in total. The van der Waals surface area contributed by atoms with Gasteiger partial charge in [-0.3, -0.25) is 10.1 Å². The molecule has 0 bridgehead atoms. The molecule has 15 heavy (non-hydrogen) atoms. The predicted molar refractivity (Wildman–Crippen MR) is 51.3 cm³/mol. The first kappa shape index (κ1) is 9.95. The van der Waals surface area contributed by atoms with Gasteiger partial charge >= 0.3 is 0 Å². The van der Waals surface area contributed by atoms with Crippen LogP contribution < -0.4 is 0 Å². The van der Waals surface area contributed by atoms with Crippen molar-refractivity contribution in [3.8, 4) is 0 Å². The second-order valence-corrected chi connectivity index (χ2v) is 3.19. The van der Waals surface area contributed by atoms with Gasteiger partial charge in [0.15, 0.2) is 6.29 Å². The lowest BCUT2D eigenvalue weighted by Gasteiger charge is -2.32. The van der Waals surface area contributed by atoms with Gasteiger partial charge in [-0.1, -0.05) is 30.3 Å². The summed E-state index contributed by atoms with van der Waals surface area (Å²) in [5.41, 5.74) is 0.875. The Kier molecular flexibility index (Phi) is 2.84. The van der Waals surface area contributed by atoms with Gasteiger partial charge < -0.3 is 9.47 Å². The maximum Gasteiger partial charge on any atom is 0.179 e. The van der Waals surface area contributed by atoms with Gasteiger partial charge in [0.2, 0.25) is 0 Å². The van der Waals surface area contributed by atoms with E-state index in [4.69, 9.17) is 9.47 Å². The highest BCUT2D eigenvalue weighted by Crippen LogP contribution is 2.25. The van der Waals surface area contributed by atoms with Crippen LogP contribution in [-0.4, -0.2) is 18.1 Å². The molecule has 0 spiro atoms. The summed E-state index contributed by atoms with van der Waals surface area (Å²) in [7, 11) is 0. The smallest absolute Gasteiger partial charge is 0.179 e. The predicted octanol–water partition coefficient (Wildman–Crippen LogP) is 1.54. The molecule has 1 aliphatic rings. The highest BCUT2D eigenvalue weighted by Gasteiger charge is 2.20. The molecule has 0 aliphatic carbocycles. The Morgan fingerprint density at radius 2 is 1.87 bits per heavy atom. The van der Waals surface area contributed by atoms with Crippen LogP contribution in [0.25, 0.3) is 0 Å². The SMILES string of the molecule is O=[N+]([O-])[C-]1COC(c2ccccc2)OC1. The van der Waals surface area contributed by atoms with Crippen LogP contribution in [0.5, 0.6) is 0 Å². The highest BCUT2D eigenvalue weighted by molar-refractivity contribution is 5.16. The summed E-state index contributed by atoms with van der Waals surface area (Å²) >= 11 is 0. The summed E-state index contributed by atoms with van der Waals surface area (Å²) in [6.07, 6.45) is -0.491. The van der Waals surface area contributed by atoms with Crippen molar-refractivity contribution in [2.24, 2.45) is 0 Å². The van der Waals surface area contributed by atoms with Crippen molar-refractivity contribution < 1.29 is 14.4 Å². The molecule has 5 heteroatoms. The molecule has 0 radical (unpaired) electrons. The van der Waals surface area contributed by atoms with E-state index < -0.39 is 11.2 Å². The van der Waals surface area contributed by atoms with Crippen molar-refractivity contribution in [1.82, 2.24) is 0 Å². The molecule has 1 aromatic rings. The third-order valence-electron chi connectivity index (χ3n) is 2.13. The van der Waals surface area contributed by atoms with Crippen molar-refractivity contribution >= 4 is 0 Å². The van der Waals surface area contributed by atoms with E-state index in [1.54, 1.807) is 0 Å². The van der Waals surface area contributed by atoms with Crippen LogP contribution in [0.1, 0.15) is 11.9 Å². The van der Waals surface area contributed by atoms with Crippen LogP contribution in [0, 0.1) is 16.2 Å². The second-order valence-electron chi connectivity index (χ2n) is 3.19. The monoisotopic (exact) mass is 208 g/mol. The minimum absolute atomic E-state index is 0.0204. The van der Waals surface area contributed by atoms with Crippen LogP contribution in [0.2, 0.25) is 0 Å². The lowest BCUT2D eigenvalue weighted by molar-refractivity contribution is -0.489. The Labute approximate surface area is 86.8 Å². The van der Waals surface area contributed by atoms with Crippen molar-refractivity contribution in [3.05, 3.63) is 52.1 Å². The zero-order chi connectivity index (χ0) is 10.7. The molecule has 0 amide bonds. The van der Waals surface area contributed by atoms with E-state index in [1.165, 1.54) is 0 Å². The van der Waals surface area contributed by atoms with Gasteiger partial charge in [0.05, 0.1) is 0 Å². The number of hydrogen-bond acceptors (Lipinski definition) is 4. The van der Waals surface area contributed by atoms with Gasteiger partial charge in [0.25, 0.3) is 0 Å². The van der Waals surface area contributed by atoms with E-state index in [0.717, 1.165) is 5.56 Å². The fourth-order valence-electron chi connectivity index (χ4n) is 1.34. The largest absolute Gasteiger partial charge is 0.372 e. The molecule has 1 heterocycles. The number of hydrogen-bond donors (Lipinski definition) is 0. The Hall–Kier alpha value is -1.59. The maximum atomic E-state index is 10.4. The molecule has 80 valence electrons. The standard InChI is InChI=1S/C10H10NO4/c12-11(13)9-6-14-10(15-7-9)8-4-2-1-3-5-8/h1-5,10H,6-7H2/q-1. The van der Waals surface area contributed by atoms with E-state index >= 15 is 0 Å². The lowest BCUT2D eigenvalue weighted by atomic mass is 10.2. The molecule has 1 fully saturated rings. The first-order valence-corrected chi connectivity index (χ1v) is 4.54. The molecule has 0 unspecified atom stereocenters. The van der Waals surface area contributed by atoms with Crippen LogP contribution in [-0.2, 0) is 9.47 Å². The van der Waals surface area contributed by atoms with Gasteiger partial charge in [0.1, 0.15) is 0 Å². The molecule has 0 atom stereocenters. The molecule has 1 saturated heterocycles. The molecule has 1 aliphatic heterocycles. The van der Waals surface area contributed by atoms with Crippen LogP contribution in [0.4, 0.5) is 0 Å². The summed E-state index contributed by atoms with van der Waals surface area (Å²) in [6.45, 7) is 0.0408. The van der Waals surface area contributed by atoms with Gasteiger partial charge in [0, 0.05) is 24.8 Å². The summed E-state index contributed by atoms with van der Waals surface area (Å²) in [4.78, 5) is 9.95. The number of ether oxygens (including phenoxy) is 2. The Morgan fingerprint density at radius 3 is 2.40 bits per heavy atom. The quantitative estimate of drug-likeness (QED) is 0.420. The highest BCUT2D eigenvalue weighted by atomic mass is 16.7. The van der Waals surface area contributed by atoms with Gasteiger partial charge in [-0.05, 0) is 0 Å². The van der Waals surface area contributed by atoms with E-state index in [-0.39, 0.29) is 19.3 Å². The Bertz CT molecular complexity index is 333. The molecular weight excluding hydrogens is 198 g/mol. The van der Waals surface area contributed by atoms with E-state index in [2.05, 4.69) is 0 Å². The van der Waals surface area contributed by atoms with E-state index in [1.807, 2.05) is 30.3 Å². The van der Waals surface area contributed by atoms with Gasteiger partial charge in [-0.15, -0.1) is 4.92 Å². The first-order valence-electron chi connectivity index (χ1n) is 4.54. The lowest BCUT2D eigenvalue weighted by Crippen LogP contribution is -2.30. The molecule has 2 rings (SSSR count). The topological polar surface area (TPSA) is 61.6 Å². The minimum Gasteiger partial charge on any atom is -0.372 e. The zero-order valence-corrected chi connectivity index (χ0v) is 7.96. The van der Waals surface area contributed by atoms with Crippen LogP contribution in [0.3, 0.4) is 0 Å². The fraction of sp³-hybridized carbons (Fsp3) is 0.300. The van der Waals surface area contributed by atoms with Crippen molar-refractivity contribution in [1.29, 1.82) is 0 Å². The molecule has 0 aromatic heterocycles. The summed E-state index contributed by atoms with van der Waals surface area (Å²) < 4.78 is 10.5. The van der Waals surface area contributed by atoms with Crippen molar-refractivity contribution in [2.45, 2.75) is 6.29 Å².